The maximum atomic E-state index is 14.6. The molecule has 0 spiro atoms. The molecule has 2 aromatic carbocycles. The van der Waals surface area contributed by atoms with Crippen LogP contribution in [0.1, 0.15) is 28.9 Å². The van der Waals surface area contributed by atoms with Crippen LogP contribution in [0.5, 0.6) is 0 Å². The highest BCUT2D eigenvalue weighted by Crippen LogP contribution is 2.37. The Bertz CT molecular complexity index is 1620. The molecular formula is C29H22F2N6O2. The van der Waals surface area contributed by atoms with Gasteiger partial charge in [0.05, 0.1) is 30.1 Å². The van der Waals surface area contributed by atoms with Gasteiger partial charge in [-0.1, -0.05) is 18.2 Å². The van der Waals surface area contributed by atoms with E-state index < -0.39 is 11.6 Å². The summed E-state index contributed by atoms with van der Waals surface area (Å²) < 4.78 is 30.2. The standard InChI is InChI=1S/C29H22F2N6O2/c1-32-20-5-7-22(8-6-20)37-25(19-3-2-12-33-17-19)16-24(34-37)29(39)35-13-10-21(11-14-35)36-26(38)15-18-4-9-23(30)27(31)28(18)36/h2-9,12,16-17,21H,10-11,13-15H2. The summed E-state index contributed by atoms with van der Waals surface area (Å²) >= 11 is 0. The van der Waals surface area contributed by atoms with Crippen LogP contribution in [0.25, 0.3) is 21.8 Å². The van der Waals surface area contributed by atoms with Crippen LogP contribution < -0.4 is 4.90 Å². The number of hydrogen-bond acceptors (Lipinski definition) is 4. The van der Waals surface area contributed by atoms with Gasteiger partial charge in [-0.2, -0.15) is 5.10 Å². The van der Waals surface area contributed by atoms with Gasteiger partial charge in [-0.15, -0.1) is 0 Å². The average molecular weight is 525 g/mol. The molecule has 0 bridgehead atoms. The fourth-order valence-electron chi connectivity index (χ4n) is 5.30. The van der Waals surface area contributed by atoms with Crippen LogP contribution >= 0.6 is 0 Å². The number of carbonyl (C=O) groups is 2. The summed E-state index contributed by atoms with van der Waals surface area (Å²) in [6, 6.07) is 14.5. The first kappa shape index (κ1) is 24.4. The van der Waals surface area contributed by atoms with Gasteiger partial charge in [0.25, 0.3) is 5.91 Å². The number of anilines is 1. The molecule has 1 saturated heterocycles. The molecular weight excluding hydrogens is 502 g/mol. The molecule has 2 aliphatic heterocycles. The molecule has 0 saturated carbocycles. The lowest BCUT2D eigenvalue weighted by molar-refractivity contribution is -0.118. The van der Waals surface area contributed by atoms with E-state index in [0.29, 0.717) is 48.6 Å². The SMILES string of the molecule is [C-]#[N+]c1ccc(-n2nc(C(=O)N3CCC(N4C(=O)Cc5ccc(F)c(F)c54)CC3)cc2-c2cccnc2)cc1. The molecule has 2 amide bonds. The first-order chi connectivity index (χ1) is 18.9. The van der Waals surface area contributed by atoms with Crippen molar-refractivity contribution >= 4 is 23.2 Å². The first-order valence-corrected chi connectivity index (χ1v) is 12.5. The number of piperidine rings is 1. The second kappa shape index (κ2) is 9.76. The molecule has 10 heteroatoms. The maximum absolute atomic E-state index is 14.6. The Morgan fingerprint density at radius 1 is 1.05 bits per heavy atom. The highest BCUT2D eigenvalue weighted by molar-refractivity contribution is 6.02. The average Bonchev–Trinajstić information content (AvgIpc) is 3.57. The van der Waals surface area contributed by atoms with E-state index in [-0.39, 0.29) is 35.7 Å². The molecule has 39 heavy (non-hydrogen) atoms. The van der Waals surface area contributed by atoms with Crippen molar-refractivity contribution in [2.75, 3.05) is 18.0 Å². The number of benzene rings is 2. The third-order valence-electron chi connectivity index (χ3n) is 7.23. The molecule has 0 radical (unpaired) electrons. The van der Waals surface area contributed by atoms with Gasteiger partial charge < -0.3 is 9.80 Å². The number of pyridine rings is 1. The Balaban J connectivity index is 1.24. The number of fused-ring (bicyclic) bond motifs is 1. The largest absolute Gasteiger partial charge is 0.337 e. The second-order valence-electron chi connectivity index (χ2n) is 9.53. The quantitative estimate of drug-likeness (QED) is 0.354. The maximum Gasteiger partial charge on any atom is 0.274 e. The van der Waals surface area contributed by atoms with E-state index in [0.717, 1.165) is 11.6 Å². The predicted octanol–water partition coefficient (Wildman–Crippen LogP) is 4.96. The van der Waals surface area contributed by atoms with Crippen LogP contribution in [0.4, 0.5) is 20.2 Å². The van der Waals surface area contributed by atoms with Crippen LogP contribution in [0.3, 0.4) is 0 Å². The molecule has 0 unspecified atom stereocenters. The summed E-state index contributed by atoms with van der Waals surface area (Å²) in [6.45, 7) is 7.88. The van der Waals surface area contributed by atoms with Crippen molar-refractivity contribution in [3.63, 3.8) is 0 Å². The van der Waals surface area contributed by atoms with Crippen LogP contribution in [0, 0.1) is 18.2 Å². The van der Waals surface area contributed by atoms with E-state index in [4.69, 9.17) is 6.57 Å². The first-order valence-electron chi connectivity index (χ1n) is 12.5. The Hall–Kier alpha value is -4.91. The molecule has 194 valence electrons. The fourth-order valence-corrected chi connectivity index (χ4v) is 5.30. The van der Waals surface area contributed by atoms with E-state index in [1.807, 2.05) is 6.07 Å². The highest BCUT2D eigenvalue weighted by atomic mass is 19.2. The highest BCUT2D eigenvalue weighted by Gasteiger charge is 2.38. The Labute approximate surface area is 222 Å². The number of halogens is 2. The van der Waals surface area contributed by atoms with Crippen LogP contribution in [0.2, 0.25) is 0 Å². The minimum Gasteiger partial charge on any atom is -0.337 e. The Morgan fingerprint density at radius 2 is 1.82 bits per heavy atom. The van der Waals surface area contributed by atoms with Crippen molar-refractivity contribution in [1.29, 1.82) is 0 Å². The number of carbonyl (C=O) groups excluding carboxylic acids is 2. The third-order valence-corrected chi connectivity index (χ3v) is 7.23. The van der Waals surface area contributed by atoms with E-state index >= 15 is 0 Å². The summed E-state index contributed by atoms with van der Waals surface area (Å²) in [4.78, 5) is 36.9. The topological polar surface area (TPSA) is 75.7 Å². The molecule has 0 N–H and O–H groups in total. The van der Waals surface area contributed by atoms with E-state index in [1.54, 1.807) is 58.4 Å². The van der Waals surface area contributed by atoms with Gasteiger partial charge >= 0.3 is 0 Å². The van der Waals surface area contributed by atoms with Crippen LogP contribution in [-0.2, 0) is 11.2 Å². The predicted molar refractivity (Wildman–Crippen MR) is 140 cm³/mol. The van der Waals surface area contributed by atoms with Crippen LogP contribution in [0.15, 0.2) is 67.0 Å². The van der Waals surface area contributed by atoms with Gasteiger partial charge in [0, 0.05) is 37.1 Å². The van der Waals surface area contributed by atoms with Crippen molar-refractivity contribution in [2.24, 2.45) is 0 Å². The van der Waals surface area contributed by atoms with Gasteiger partial charge in [-0.25, -0.2) is 18.3 Å². The normalized spacial score (nSPS) is 15.4. The number of rotatable bonds is 4. The Kier molecular flexibility index (Phi) is 6.11. The zero-order chi connectivity index (χ0) is 27.1. The second-order valence-corrected chi connectivity index (χ2v) is 9.53. The van der Waals surface area contributed by atoms with Gasteiger partial charge in [0.2, 0.25) is 5.91 Å². The lowest BCUT2D eigenvalue weighted by Gasteiger charge is -2.36. The third kappa shape index (κ3) is 4.32. The molecule has 2 aliphatic rings. The van der Waals surface area contributed by atoms with Gasteiger partial charge in [-0.3, -0.25) is 14.6 Å². The molecule has 4 heterocycles. The van der Waals surface area contributed by atoms with Crippen LogP contribution in [-0.4, -0.2) is 50.6 Å². The molecule has 6 rings (SSSR count). The van der Waals surface area contributed by atoms with Crippen molar-refractivity contribution in [3.05, 3.63) is 101 Å². The summed E-state index contributed by atoms with van der Waals surface area (Å²) in [5.41, 5.74) is 3.39. The van der Waals surface area contributed by atoms with E-state index in [1.165, 1.54) is 11.0 Å². The van der Waals surface area contributed by atoms with Crippen molar-refractivity contribution < 1.29 is 18.4 Å². The van der Waals surface area contributed by atoms with Crippen molar-refractivity contribution in [1.82, 2.24) is 19.7 Å². The van der Waals surface area contributed by atoms with Crippen molar-refractivity contribution in [3.8, 4) is 16.9 Å². The van der Waals surface area contributed by atoms with Gasteiger partial charge in [0.15, 0.2) is 23.0 Å². The monoisotopic (exact) mass is 524 g/mol. The molecule has 2 aromatic heterocycles. The lowest BCUT2D eigenvalue weighted by Crippen LogP contribution is -2.48. The lowest BCUT2D eigenvalue weighted by atomic mass is 10.0. The number of hydrogen-bond donors (Lipinski definition) is 0. The zero-order valence-corrected chi connectivity index (χ0v) is 20.7. The minimum atomic E-state index is -1.00. The fraction of sp³-hybridized carbons (Fsp3) is 0.207. The number of aromatic nitrogens is 3. The van der Waals surface area contributed by atoms with Gasteiger partial charge in [-0.05, 0) is 54.8 Å². The molecule has 0 atom stereocenters. The number of likely N-dealkylation sites (tertiary alicyclic amines) is 1. The number of amides is 2. The molecule has 8 nitrogen and oxygen atoms in total. The summed E-state index contributed by atoms with van der Waals surface area (Å²) in [6.07, 6.45) is 4.25. The summed E-state index contributed by atoms with van der Waals surface area (Å²) in [5, 5.41) is 4.61. The zero-order valence-electron chi connectivity index (χ0n) is 20.7. The van der Waals surface area contributed by atoms with E-state index in [2.05, 4.69) is 14.9 Å². The van der Waals surface area contributed by atoms with E-state index in [9.17, 15) is 18.4 Å². The Morgan fingerprint density at radius 3 is 2.51 bits per heavy atom. The summed E-state index contributed by atoms with van der Waals surface area (Å²) in [5.74, 6) is -2.51. The van der Waals surface area contributed by atoms with Crippen molar-refractivity contribution in [2.45, 2.75) is 25.3 Å². The van der Waals surface area contributed by atoms with Gasteiger partial charge in [0.1, 0.15) is 0 Å². The minimum absolute atomic E-state index is 0.0221. The molecule has 4 aromatic rings. The molecule has 0 aliphatic carbocycles. The molecule has 1 fully saturated rings. The smallest absolute Gasteiger partial charge is 0.274 e. The number of nitrogens with zero attached hydrogens (tertiary/aromatic N) is 6. The summed E-state index contributed by atoms with van der Waals surface area (Å²) in [7, 11) is 0.